The SMILES string of the molecule is COc1cc([C@H](C)NC2CCC(c3ccc(OC(C)(C)C(=O)O)c(C(F)(F)F)c3)C2)ccc1F. The van der Waals surface area contributed by atoms with Gasteiger partial charge in [-0.3, -0.25) is 0 Å². The van der Waals surface area contributed by atoms with Gasteiger partial charge < -0.3 is 19.9 Å². The van der Waals surface area contributed by atoms with Crippen LogP contribution in [0.2, 0.25) is 0 Å². The Kier molecular flexibility index (Phi) is 7.45. The number of aliphatic carboxylic acids is 1. The molecular formula is C25H29F4NO4. The predicted molar refractivity (Wildman–Crippen MR) is 119 cm³/mol. The second-order valence-electron chi connectivity index (χ2n) is 9.16. The second-order valence-corrected chi connectivity index (χ2v) is 9.16. The van der Waals surface area contributed by atoms with Gasteiger partial charge in [-0.05, 0) is 81.3 Å². The Morgan fingerprint density at radius 3 is 2.44 bits per heavy atom. The molecule has 34 heavy (non-hydrogen) atoms. The molecule has 1 fully saturated rings. The van der Waals surface area contributed by atoms with E-state index in [9.17, 15) is 27.5 Å². The number of carbonyl (C=O) groups is 1. The summed E-state index contributed by atoms with van der Waals surface area (Å²) < 4.78 is 65.2. The van der Waals surface area contributed by atoms with Crippen LogP contribution < -0.4 is 14.8 Å². The summed E-state index contributed by atoms with van der Waals surface area (Å²) in [5.74, 6) is -2.24. The Morgan fingerprint density at radius 1 is 1.12 bits per heavy atom. The third kappa shape index (κ3) is 5.81. The molecule has 1 aliphatic carbocycles. The van der Waals surface area contributed by atoms with Gasteiger partial charge in [0.25, 0.3) is 0 Å². The minimum atomic E-state index is -4.69. The number of hydrogen-bond donors (Lipinski definition) is 2. The van der Waals surface area contributed by atoms with Crippen LogP contribution in [0.25, 0.3) is 0 Å². The van der Waals surface area contributed by atoms with Gasteiger partial charge in [-0.15, -0.1) is 0 Å². The Balaban J connectivity index is 1.74. The molecule has 1 saturated carbocycles. The molecule has 9 heteroatoms. The van der Waals surface area contributed by atoms with Crippen molar-refractivity contribution < 1.29 is 36.9 Å². The third-order valence-electron chi connectivity index (χ3n) is 6.25. The van der Waals surface area contributed by atoms with Crippen LogP contribution >= 0.6 is 0 Å². The fraction of sp³-hybridized carbons (Fsp3) is 0.480. The summed E-state index contributed by atoms with van der Waals surface area (Å²) in [5.41, 5.74) is -1.40. The van der Waals surface area contributed by atoms with Gasteiger partial charge >= 0.3 is 12.1 Å². The van der Waals surface area contributed by atoms with Crippen LogP contribution in [-0.2, 0) is 11.0 Å². The molecule has 2 aromatic carbocycles. The molecule has 2 unspecified atom stereocenters. The van der Waals surface area contributed by atoms with E-state index in [0.29, 0.717) is 18.4 Å². The summed E-state index contributed by atoms with van der Waals surface area (Å²) in [5, 5.41) is 12.7. The molecule has 0 aliphatic heterocycles. The standard InChI is InChI=1S/C25H29F4NO4/c1-14(15-6-9-20(26)22(13-15)33-4)30-18-8-5-16(11-18)17-7-10-21(19(12-17)25(27,28)29)34-24(2,3)23(31)32/h6-7,9-10,12-14,16,18,30H,5,8,11H2,1-4H3,(H,31,32)/t14-,16?,18?/m0/s1. The number of hydrogen-bond acceptors (Lipinski definition) is 4. The normalized spacial score (nSPS) is 19.6. The topological polar surface area (TPSA) is 67.8 Å². The Hall–Kier alpha value is -2.81. The number of ether oxygens (including phenoxy) is 2. The van der Waals surface area contributed by atoms with Crippen LogP contribution in [0, 0.1) is 5.82 Å². The minimum Gasteiger partial charge on any atom is -0.494 e. The predicted octanol–water partition coefficient (Wildman–Crippen LogP) is 6.08. The van der Waals surface area contributed by atoms with Crippen molar-refractivity contribution in [2.75, 3.05) is 7.11 Å². The minimum absolute atomic E-state index is 0.0762. The zero-order valence-electron chi connectivity index (χ0n) is 19.5. The lowest BCUT2D eigenvalue weighted by molar-refractivity contribution is -0.155. The molecule has 0 heterocycles. The number of rotatable bonds is 8. The smallest absolute Gasteiger partial charge is 0.419 e. The maximum absolute atomic E-state index is 13.7. The number of carboxylic acid groups (broad SMARTS) is 1. The van der Waals surface area contributed by atoms with Gasteiger partial charge in [0, 0.05) is 12.1 Å². The fourth-order valence-electron chi connectivity index (χ4n) is 4.26. The number of halogens is 4. The van der Waals surface area contributed by atoms with Gasteiger partial charge in [0.05, 0.1) is 12.7 Å². The summed E-state index contributed by atoms with van der Waals surface area (Å²) in [6.45, 7) is 4.35. The first kappa shape index (κ1) is 25.8. The van der Waals surface area contributed by atoms with Crippen molar-refractivity contribution in [3.8, 4) is 11.5 Å². The second kappa shape index (κ2) is 9.82. The molecule has 0 spiro atoms. The molecule has 2 aromatic rings. The van der Waals surface area contributed by atoms with Gasteiger partial charge in [0.2, 0.25) is 0 Å². The van der Waals surface area contributed by atoms with Gasteiger partial charge in [0.1, 0.15) is 5.75 Å². The van der Waals surface area contributed by atoms with Crippen molar-refractivity contribution in [1.82, 2.24) is 5.32 Å². The summed E-state index contributed by atoms with van der Waals surface area (Å²) in [4.78, 5) is 11.3. The van der Waals surface area contributed by atoms with E-state index in [2.05, 4.69) is 5.32 Å². The summed E-state index contributed by atoms with van der Waals surface area (Å²) in [7, 11) is 1.40. The molecule has 1 aliphatic rings. The van der Waals surface area contributed by atoms with Crippen molar-refractivity contribution in [3.05, 3.63) is 58.9 Å². The molecular weight excluding hydrogens is 454 g/mol. The quantitative estimate of drug-likeness (QED) is 0.446. The first-order valence-corrected chi connectivity index (χ1v) is 11.0. The third-order valence-corrected chi connectivity index (χ3v) is 6.25. The van der Waals surface area contributed by atoms with E-state index in [0.717, 1.165) is 18.1 Å². The first-order chi connectivity index (χ1) is 15.8. The zero-order chi connectivity index (χ0) is 25.3. The molecule has 0 amide bonds. The fourth-order valence-corrected chi connectivity index (χ4v) is 4.26. The lowest BCUT2D eigenvalue weighted by Crippen LogP contribution is -2.38. The van der Waals surface area contributed by atoms with Crippen LogP contribution in [-0.4, -0.2) is 29.8 Å². The molecule has 5 nitrogen and oxygen atoms in total. The van der Waals surface area contributed by atoms with Gasteiger partial charge in [-0.2, -0.15) is 13.2 Å². The monoisotopic (exact) mass is 483 g/mol. The first-order valence-electron chi connectivity index (χ1n) is 11.0. The van der Waals surface area contributed by atoms with Gasteiger partial charge in [0.15, 0.2) is 17.2 Å². The highest BCUT2D eigenvalue weighted by Crippen LogP contribution is 2.42. The van der Waals surface area contributed by atoms with Crippen LogP contribution in [0.3, 0.4) is 0 Å². The van der Waals surface area contributed by atoms with Gasteiger partial charge in [-0.25, -0.2) is 9.18 Å². The molecule has 0 saturated heterocycles. The van der Waals surface area contributed by atoms with Crippen molar-refractivity contribution >= 4 is 5.97 Å². The van der Waals surface area contributed by atoms with E-state index in [1.165, 1.54) is 33.1 Å². The van der Waals surface area contributed by atoms with E-state index in [1.54, 1.807) is 18.2 Å². The Morgan fingerprint density at radius 2 is 1.82 bits per heavy atom. The van der Waals surface area contributed by atoms with Crippen molar-refractivity contribution in [3.63, 3.8) is 0 Å². The molecule has 186 valence electrons. The highest BCUT2D eigenvalue weighted by Gasteiger charge is 2.39. The highest BCUT2D eigenvalue weighted by atomic mass is 19.4. The van der Waals surface area contributed by atoms with Crippen molar-refractivity contribution in [2.24, 2.45) is 0 Å². The summed E-state index contributed by atoms with van der Waals surface area (Å²) in [6, 6.07) is 8.47. The summed E-state index contributed by atoms with van der Waals surface area (Å²) in [6.07, 6.45) is -2.57. The maximum atomic E-state index is 13.7. The molecule has 0 bridgehead atoms. The molecule has 3 rings (SSSR count). The van der Waals surface area contributed by atoms with E-state index >= 15 is 0 Å². The average molecular weight is 484 g/mol. The van der Waals surface area contributed by atoms with Crippen molar-refractivity contribution in [1.29, 1.82) is 0 Å². The van der Waals surface area contributed by atoms with E-state index in [-0.39, 0.29) is 23.8 Å². The van der Waals surface area contributed by atoms with Crippen LogP contribution in [0.4, 0.5) is 17.6 Å². The lowest BCUT2D eigenvalue weighted by atomic mass is 9.94. The molecule has 3 atom stereocenters. The molecule has 0 aromatic heterocycles. The maximum Gasteiger partial charge on any atom is 0.419 e. The van der Waals surface area contributed by atoms with E-state index in [1.807, 2.05) is 6.92 Å². The molecule has 2 N–H and O–H groups in total. The number of benzene rings is 2. The number of alkyl halides is 3. The summed E-state index contributed by atoms with van der Waals surface area (Å²) >= 11 is 0. The zero-order valence-corrected chi connectivity index (χ0v) is 19.5. The van der Waals surface area contributed by atoms with Crippen LogP contribution in [0.15, 0.2) is 36.4 Å². The van der Waals surface area contributed by atoms with Gasteiger partial charge in [-0.1, -0.05) is 12.1 Å². The largest absolute Gasteiger partial charge is 0.494 e. The van der Waals surface area contributed by atoms with E-state index < -0.39 is 34.9 Å². The number of methoxy groups -OCH3 is 1. The van der Waals surface area contributed by atoms with E-state index in [4.69, 9.17) is 9.47 Å². The van der Waals surface area contributed by atoms with Crippen LogP contribution in [0.1, 0.15) is 68.7 Å². The Bertz CT molecular complexity index is 1040. The van der Waals surface area contributed by atoms with Crippen LogP contribution in [0.5, 0.6) is 11.5 Å². The van der Waals surface area contributed by atoms with Crippen molar-refractivity contribution in [2.45, 2.75) is 69.8 Å². The average Bonchev–Trinajstić information content (AvgIpc) is 3.21. The number of nitrogens with one attached hydrogen (secondary N) is 1. The lowest BCUT2D eigenvalue weighted by Gasteiger charge is -2.25. The highest BCUT2D eigenvalue weighted by molar-refractivity contribution is 5.76. The Labute approximate surface area is 196 Å². The number of carboxylic acids is 1. The molecule has 0 radical (unpaired) electrons.